The number of ether oxygens (including phenoxy) is 3. The Bertz CT molecular complexity index is 547. The predicted molar refractivity (Wildman–Crippen MR) is 80.5 cm³/mol. The van der Waals surface area contributed by atoms with Crippen LogP contribution in [-0.2, 0) is 23.8 Å². The first-order valence-electron chi connectivity index (χ1n) is 7.58. The largest absolute Gasteiger partial charge is 0.468 e. The van der Waals surface area contributed by atoms with Crippen LogP contribution in [0.4, 0.5) is 4.79 Å². The van der Waals surface area contributed by atoms with E-state index in [1.807, 2.05) is 0 Å². The zero-order chi connectivity index (χ0) is 17.4. The third kappa shape index (κ3) is 3.33. The van der Waals surface area contributed by atoms with E-state index in [9.17, 15) is 14.4 Å². The van der Waals surface area contributed by atoms with Crippen molar-refractivity contribution in [3.8, 4) is 0 Å². The van der Waals surface area contributed by atoms with Gasteiger partial charge in [0, 0.05) is 6.08 Å². The maximum Gasteiger partial charge on any atom is 0.411 e. The van der Waals surface area contributed by atoms with Crippen molar-refractivity contribution in [2.45, 2.75) is 51.3 Å². The van der Waals surface area contributed by atoms with Gasteiger partial charge in [-0.2, -0.15) is 0 Å². The van der Waals surface area contributed by atoms with Gasteiger partial charge in [-0.05, 0) is 39.2 Å². The molecule has 1 amide bonds. The van der Waals surface area contributed by atoms with Crippen LogP contribution in [0.1, 0.15) is 33.6 Å². The number of carbonyl (C=O) groups is 3. The molecule has 2 fully saturated rings. The fraction of sp³-hybridized carbons (Fsp3) is 0.688. The molecule has 0 spiro atoms. The fourth-order valence-electron chi connectivity index (χ4n) is 3.30. The van der Waals surface area contributed by atoms with E-state index in [2.05, 4.69) is 4.74 Å². The minimum absolute atomic E-state index is 0.335. The number of nitrogens with zero attached hydrogens (tertiary/aromatic N) is 1. The summed E-state index contributed by atoms with van der Waals surface area (Å²) in [4.78, 5) is 37.8. The summed E-state index contributed by atoms with van der Waals surface area (Å²) in [6, 6.07) is -0.684. The Labute approximate surface area is 135 Å². The number of amides is 1. The monoisotopic (exact) mass is 325 g/mol. The third-order valence-corrected chi connectivity index (χ3v) is 4.10. The van der Waals surface area contributed by atoms with Crippen LogP contribution in [-0.4, -0.2) is 54.8 Å². The summed E-state index contributed by atoms with van der Waals surface area (Å²) >= 11 is 0. The summed E-state index contributed by atoms with van der Waals surface area (Å²) in [6.45, 7) is 5.35. The smallest absolute Gasteiger partial charge is 0.411 e. The Morgan fingerprint density at radius 1 is 1.13 bits per heavy atom. The molecule has 0 radical (unpaired) electrons. The number of esters is 2. The number of rotatable bonds is 2. The van der Waals surface area contributed by atoms with Gasteiger partial charge in [-0.15, -0.1) is 0 Å². The van der Waals surface area contributed by atoms with Gasteiger partial charge >= 0.3 is 18.0 Å². The van der Waals surface area contributed by atoms with Crippen LogP contribution in [0, 0.1) is 5.92 Å². The molecule has 2 rings (SSSR count). The molecule has 0 N–H and O–H groups in total. The van der Waals surface area contributed by atoms with Crippen molar-refractivity contribution in [1.29, 1.82) is 0 Å². The van der Waals surface area contributed by atoms with Crippen molar-refractivity contribution in [3.63, 3.8) is 0 Å². The van der Waals surface area contributed by atoms with Crippen molar-refractivity contribution < 1.29 is 28.6 Å². The molecule has 2 aliphatic rings. The number of hydrogen-bond donors (Lipinski definition) is 0. The molecule has 0 aromatic carbocycles. The Balaban J connectivity index is 2.34. The molecule has 2 heterocycles. The van der Waals surface area contributed by atoms with Gasteiger partial charge in [-0.25, -0.2) is 9.59 Å². The quantitative estimate of drug-likeness (QED) is 0.436. The molecule has 2 saturated heterocycles. The maximum absolute atomic E-state index is 12.5. The summed E-state index contributed by atoms with van der Waals surface area (Å²) < 4.78 is 14.9. The number of methoxy groups -OCH3 is 2. The summed E-state index contributed by atoms with van der Waals surface area (Å²) in [5.74, 6) is -1.66. The van der Waals surface area contributed by atoms with Crippen LogP contribution < -0.4 is 0 Å². The number of hydrogen-bond acceptors (Lipinski definition) is 6. The highest BCUT2D eigenvalue weighted by Crippen LogP contribution is 2.46. The average molecular weight is 325 g/mol. The molecule has 0 unspecified atom stereocenters. The lowest BCUT2D eigenvalue weighted by molar-refractivity contribution is -0.144. The van der Waals surface area contributed by atoms with E-state index >= 15 is 0 Å². The first-order valence-corrected chi connectivity index (χ1v) is 7.58. The second kappa shape index (κ2) is 6.22. The molecule has 0 aromatic rings. The zero-order valence-electron chi connectivity index (χ0n) is 14.1. The zero-order valence-corrected chi connectivity index (χ0v) is 14.1. The first kappa shape index (κ1) is 17.3. The lowest BCUT2D eigenvalue weighted by Crippen LogP contribution is -2.41. The summed E-state index contributed by atoms with van der Waals surface area (Å²) in [5, 5.41) is 0. The normalized spacial score (nSPS) is 28.0. The van der Waals surface area contributed by atoms with Gasteiger partial charge in [-0.3, -0.25) is 9.69 Å². The maximum atomic E-state index is 12.5. The third-order valence-electron chi connectivity index (χ3n) is 4.10. The van der Waals surface area contributed by atoms with Crippen LogP contribution in [0.15, 0.2) is 11.6 Å². The van der Waals surface area contributed by atoms with Gasteiger partial charge < -0.3 is 14.2 Å². The van der Waals surface area contributed by atoms with Crippen molar-refractivity contribution in [2.24, 2.45) is 5.92 Å². The van der Waals surface area contributed by atoms with E-state index in [-0.39, 0.29) is 12.1 Å². The van der Waals surface area contributed by atoms with Crippen LogP contribution in [0.5, 0.6) is 0 Å². The highest BCUT2D eigenvalue weighted by atomic mass is 16.6. The lowest BCUT2D eigenvalue weighted by atomic mass is 9.84. The standard InChI is InChI=1S/C16H23NO6/c1-16(2,3)23-15(20)17-10-6-7-11(17)13(14(19)22-5)9(10)8-12(18)21-4/h8,10-11,13H,6-7H2,1-5H3/b9-8+/t10-,11+,13+/m1/s1. The Morgan fingerprint density at radius 2 is 1.78 bits per heavy atom. The molecule has 2 bridgehead atoms. The summed E-state index contributed by atoms with van der Waals surface area (Å²) in [7, 11) is 2.56. The second-order valence-electron chi connectivity index (χ2n) is 6.72. The number of carbonyl (C=O) groups excluding carboxylic acids is 3. The van der Waals surface area contributed by atoms with Crippen LogP contribution >= 0.6 is 0 Å². The van der Waals surface area contributed by atoms with E-state index < -0.39 is 29.6 Å². The van der Waals surface area contributed by atoms with Gasteiger partial charge in [0.2, 0.25) is 0 Å². The Morgan fingerprint density at radius 3 is 2.30 bits per heavy atom. The topological polar surface area (TPSA) is 82.1 Å². The van der Waals surface area contributed by atoms with Crippen LogP contribution in [0.3, 0.4) is 0 Å². The molecule has 7 heteroatoms. The van der Waals surface area contributed by atoms with Gasteiger partial charge in [0.25, 0.3) is 0 Å². The van der Waals surface area contributed by atoms with Crippen LogP contribution in [0.2, 0.25) is 0 Å². The molecule has 23 heavy (non-hydrogen) atoms. The minimum Gasteiger partial charge on any atom is -0.468 e. The molecule has 3 atom stereocenters. The van der Waals surface area contributed by atoms with Gasteiger partial charge in [0.15, 0.2) is 0 Å². The molecular formula is C16H23NO6. The van der Waals surface area contributed by atoms with E-state index in [1.54, 1.807) is 25.7 Å². The average Bonchev–Trinajstić information content (AvgIpc) is 3.00. The van der Waals surface area contributed by atoms with Crippen molar-refractivity contribution in [3.05, 3.63) is 11.6 Å². The molecule has 0 aliphatic carbocycles. The molecule has 0 aromatic heterocycles. The predicted octanol–water partition coefficient (Wildman–Crippen LogP) is 1.66. The van der Waals surface area contributed by atoms with Gasteiger partial charge in [0.1, 0.15) is 11.5 Å². The summed E-state index contributed by atoms with van der Waals surface area (Å²) in [6.07, 6.45) is 2.16. The second-order valence-corrected chi connectivity index (χ2v) is 6.72. The number of fused-ring (bicyclic) bond motifs is 2. The summed E-state index contributed by atoms with van der Waals surface area (Å²) in [5.41, 5.74) is -0.0719. The fourth-order valence-corrected chi connectivity index (χ4v) is 3.30. The molecule has 2 aliphatic heterocycles. The van der Waals surface area contributed by atoms with Crippen molar-refractivity contribution in [2.75, 3.05) is 14.2 Å². The highest BCUT2D eigenvalue weighted by Gasteiger charge is 2.56. The minimum atomic E-state index is -0.648. The first-order chi connectivity index (χ1) is 10.7. The van der Waals surface area contributed by atoms with E-state index in [1.165, 1.54) is 20.3 Å². The molecular weight excluding hydrogens is 302 g/mol. The van der Waals surface area contributed by atoms with E-state index in [4.69, 9.17) is 9.47 Å². The lowest BCUT2D eigenvalue weighted by Gasteiger charge is -2.27. The Kier molecular flexibility index (Phi) is 4.68. The molecule has 7 nitrogen and oxygen atoms in total. The van der Waals surface area contributed by atoms with Crippen molar-refractivity contribution in [1.82, 2.24) is 4.90 Å². The van der Waals surface area contributed by atoms with Crippen LogP contribution in [0.25, 0.3) is 0 Å². The SMILES string of the molecule is COC(=O)/C=C1\[C@H]2CC[C@@H]([C@H]1C(=O)OC)N2C(=O)OC(C)(C)C. The Hall–Kier alpha value is -2.05. The molecule has 0 saturated carbocycles. The van der Waals surface area contributed by atoms with E-state index in [0.717, 1.165) is 0 Å². The van der Waals surface area contributed by atoms with E-state index in [0.29, 0.717) is 18.4 Å². The molecule has 128 valence electrons. The van der Waals surface area contributed by atoms with Crippen molar-refractivity contribution >= 4 is 18.0 Å². The van der Waals surface area contributed by atoms with Gasteiger partial charge in [0.05, 0.1) is 26.3 Å². The van der Waals surface area contributed by atoms with Gasteiger partial charge in [-0.1, -0.05) is 0 Å². The highest BCUT2D eigenvalue weighted by molar-refractivity contribution is 5.88.